The fraction of sp³-hybridized carbons (Fsp3) is 0.0268. The lowest BCUT2D eigenvalue weighted by Gasteiger charge is -2.23. The molecule has 0 N–H and O–H groups in total. The van der Waals surface area contributed by atoms with E-state index in [9.17, 15) is 0 Å². The summed E-state index contributed by atoms with van der Waals surface area (Å²) in [6, 6.07) is 139. The molecule has 17 aromatic carbocycles. The minimum atomic E-state index is -0.308. The highest BCUT2D eigenvalue weighted by Gasteiger charge is 2.37. The van der Waals surface area contributed by atoms with Crippen LogP contribution in [-0.4, -0.2) is 43.2 Å². The quantitative estimate of drug-likeness (QED) is 0.134. The summed E-state index contributed by atoms with van der Waals surface area (Å²) in [6.45, 7) is 4.69. The first-order valence-electron chi connectivity index (χ1n) is 41.8. The number of nitrogens with zero attached hydrogens (tertiary/aromatic N) is 9. The fourth-order valence-corrected chi connectivity index (χ4v) is 19.7. The molecule has 25 aromatic rings. The van der Waals surface area contributed by atoms with E-state index in [1.807, 2.05) is 72.8 Å². The van der Waals surface area contributed by atoms with E-state index >= 15 is 0 Å². The van der Waals surface area contributed by atoms with Crippen LogP contribution in [0.1, 0.15) is 25.0 Å². The molecule has 0 saturated carbocycles. The molecule has 576 valence electrons. The highest BCUT2D eigenvalue weighted by molar-refractivity contribution is 6.33. The summed E-state index contributed by atoms with van der Waals surface area (Å²) in [6.07, 6.45) is 0. The van der Waals surface area contributed by atoms with Crippen LogP contribution >= 0.6 is 0 Å². The van der Waals surface area contributed by atoms with E-state index in [1.165, 1.54) is 54.7 Å². The summed E-state index contributed by atoms with van der Waals surface area (Å²) in [4.78, 5) is 25.3. The minimum absolute atomic E-state index is 0.308. The van der Waals surface area contributed by atoms with Gasteiger partial charge in [0.05, 0.1) is 66.3 Å². The lowest BCUT2D eigenvalue weighted by Crippen LogP contribution is -2.15. The van der Waals surface area contributed by atoms with Gasteiger partial charge in [-0.1, -0.05) is 275 Å². The third kappa shape index (κ3) is 10.8. The molecule has 0 aliphatic heterocycles. The molecule has 0 bridgehead atoms. The lowest BCUT2D eigenvalue weighted by atomic mass is 9.82. The van der Waals surface area contributed by atoms with Crippen LogP contribution in [0, 0.1) is 0 Å². The Balaban J connectivity index is 0.000000137. The van der Waals surface area contributed by atoms with Crippen molar-refractivity contribution < 1.29 is 8.83 Å². The van der Waals surface area contributed by atoms with Gasteiger partial charge in [-0.2, -0.15) is 0 Å². The van der Waals surface area contributed by atoms with E-state index in [-0.39, 0.29) is 5.41 Å². The van der Waals surface area contributed by atoms with E-state index in [2.05, 4.69) is 354 Å². The van der Waals surface area contributed by atoms with Crippen molar-refractivity contribution in [1.29, 1.82) is 0 Å². The maximum absolute atomic E-state index is 6.74. The van der Waals surface area contributed by atoms with Gasteiger partial charge in [0, 0.05) is 115 Å². The summed E-state index contributed by atoms with van der Waals surface area (Å²) in [5.74, 6) is 2.66. The van der Waals surface area contributed by atoms with E-state index in [1.54, 1.807) is 0 Å². The summed E-state index contributed by atoms with van der Waals surface area (Å²) in [5, 5.41) is 13.9. The number of aromatic nitrogens is 9. The summed E-state index contributed by atoms with van der Waals surface area (Å²) >= 11 is 0. The first-order valence-corrected chi connectivity index (χ1v) is 41.8. The Bertz CT molecular complexity index is 8520. The molecule has 8 aromatic heterocycles. The van der Waals surface area contributed by atoms with Crippen molar-refractivity contribution in [3.8, 4) is 102 Å². The Morgan fingerprint density at radius 1 is 0.220 bits per heavy atom. The van der Waals surface area contributed by atoms with Gasteiger partial charge < -0.3 is 27.1 Å². The number of para-hydroxylation sites is 6. The zero-order valence-electron chi connectivity index (χ0n) is 66.9. The Kier molecular flexibility index (Phi) is 15.5. The van der Waals surface area contributed by atoms with Gasteiger partial charge in [-0.15, -0.1) is 0 Å². The molecular formula is C112H71N9O2. The molecule has 11 heteroatoms. The predicted octanol–water partition coefficient (Wildman–Crippen LogP) is 28.8. The van der Waals surface area contributed by atoms with Crippen LogP contribution in [0.2, 0.25) is 0 Å². The maximum Gasteiger partial charge on any atom is 0.164 e. The standard InChI is InChI=1S/C60H39N5O.C52H32N4O/c1-60(2)47-34-38(59-62-57(36-16-6-3-7-17-36)61-58(63-59)37-18-8-4-9-19-37)26-28-41(47)42-29-27-40(35-48(42)60)64-49-24-14-12-23-45(49)53-50(64)33-31-46-54-51(65(55(46)53)39-20-10-5-11-21-39)32-30-44-43-22-13-15-25-52(43)66-56(44)54;1-4-15-33(16-5-1)42-32-43(54-52(53-42)34-17-6-2-7-18-34)35-19-14-22-37(31-35)55-44-25-12-10-24-40(44)48-45(55)30-28-41-49-46(56(50(41)48)36-20-8-3-9-21-36)29-27-39-38-23-11-13-26-47(38)57-51(39)49/h3-35H,1-2H3;1-32H. The molecule has 0 saturated heterocycles. The number of fused-ring (bicyclic) bond motifs is 25. The van der Waals surface area contributed by atoms with Crippen LogP contribution in [0.4, 0.5) is 0 Å². The minimum Gasteiger partial charge on any atom is -0.455 e. The maximum atomic E-state index is 6.74. The molecule has 0 amide bonds. The average molecular weight is 1570 g/mol. The van der Waals surface area contributed by atoms with Gasteiger partial charge in [0.1, 0.15) is 22.3 Å². The second kappa shape index (κ2) is 27.3. The molecule has 0 spiro atoms. The van der Waals surface area contributed by atoms with Crippen molar-refractivity contribution in [2.24, 2.45) is 0 Å². The number of rotatable bonds is 10. The van der Waals surface area contributed by atoms with E-state index < -0.39 is 0 Å². The predicted molar refractivity (Wildman–Crippen MR) is 504 cm³/mol. The third-order valence-electron chi connectivity index (χ3n) is 25.3. The van der Waals surface area contributed by atoms with E-state index in [4.69, 9.17) is 33.8 Å². The van der Waals surface area contributed by atoms with Crippen molar-refractivity contribution >= 4 is 131 Å². The SMILES string of the molecule is CC1(C)c2cc(-c3nc(-c4ccccc4)nc(-c4ccccc4)n3)ccc2-c2ccc(-n3c4ccccc4c4c3ccc3c5c6oc7ccccc7c6ccc5n(-c5ccccc5)c34)cc21.c1ccc(-c2cc(-c3cccc(-n4c5ccccc5c5c4ccc4c6c7oc8ccccc8c7ccc6n(-c6ccccc6)c45)c3)nc(-c3ccccc3)n2)cc1. The Morgan fingerprint density at radius 3 is 1.07 bits per heavy atom. The third-order valence-corrected chi connectivity index (χ3v) is 25.3. The molecule has 1 aliphatic carbocycles. The zero-order chi connectivity index (χ0) is 81.1. The van der Waals surface area contributed by atoms with Gasteiger partial charge in [0.25, 0.3) is 0 Å². The lowest BCUT2D eigenvalue weighted by molar-refractivity contribution is 0.660. The van der Waals surface area contributed by atoms with Crippen molar-refractivity contribution in [2.45, 2.75) is 19.3 Å². The Labute approximate surface area is 705 Å². The second-order valence-electron chi connectivity index (χ2n) is 32.5. The first kappa shape index (κ1) is 69.7. The molecular weight excluding hydrogens is 1500 g/mol. The van der Waals surface area contributed by atoms with Crippen LogP contribution < -0.4 is 0 Å². The molecule has 0 unspecified atom stereocenters. The van der Waals surface area contributed by atoms with E-state index in [0.29, 0.717) is 23.3 Å². The first-order chi connectivity index (χ1) is 60.8. The van der Waals surface area contributed by atoms with Gasteiger partial charge in [-0.3, -0.25) is 0 Å². The molecule has 11 nitrogen and oxygen atoms in total. The van der Waals surface area contributed by atoms with Gasteiger partial charge in [0.2, 0.25) is 0 Å². The van der Waals surface area contributed by atoms with Crippen molar-refractivity contribution in [2.75, 3.05) is 0 Å². The van der Waals surface area contributed by atoms with Crippen LogP contribution in [0.15, 0.2) is 403 Å². The molecule has 1 aliphatic rings. The normalized spacial score (nSPS) is 12.5. The number of benzene rings is 17. The largest absolute Gasteiger partial charge is 0.455 e. The molecule has 0 fully saturated rings. The fourth-order valence-electron chi connectivity index (χ4n) is 19.7. The Morgan fingerprint density at radius 2 is 0.577 bits per heavy atom. The smallest absolute Gasteiger partial charge is 0.164 e. The zero-order valence-corrected chi connectivity index (χ0v) is 66.9. The summed E-state index contributed by atoms with van der Waals surface area (Å²) in [5.41, 5.74) is 29.5. The topological polar surface area (TPSA) is 110 Å². The average Bonchev–Trinajstić information content (AvgIpc) is 1.57. The summed E-state index contributed by atoms with van der Waals surface area (Å²) in [7, 11) is 0. The summed E-state index contributed by atoms with van der Waals surface area (Å²) < 4.78 is 23.1. The van der Waals surface area contributed by atoms with Gasteiger partial charge >= 0.3 is 0 Å². The molecule has 8 heterocycles. The van der Waals surface area contributed by atoms with Crippen molar-refractivity contribution in [1.82, 2.24) is 43.2 Å². The van der Waals surface area contributed by atoms with Crippen LogP contribution in [0.25, 0.3) is 233 Å². The van der Waals surface area contributed by atoms with Crippen LogP contribution in [0.5, 0.6) is 0 Å². The Hall–Kier alpha value is -16.4. The van der Waals surface area contributed by atoms with Crippen molar-refractivity contribution in [3.05, 3.63) is 405 Å². The molecule has 123 heavy (non-hydrogen) atoms. The molecule has 0 atom stereocenters. The van der Waals surface area contributed by atoms with Crippen molar-refractivity contribution in [3.63, 3.8) is 0 Å². The monoisotopic (exact) mass is 1570 g/mol. The number of hydrogen-bond acceptors (Lipinski definition) is 7. The second-order valence-corrected chi connectivity index (χ2v) is 32.5. The van der Waals surface area contributed by atoms with Gasteiger partial charge in [0.15, 0.2) is 23.3 Å². The highest BCUT2D eigenvalue weighted by Crippen LogP contribution is 2.53. The van der Waals surface area contributed by atoms with Gasteiger partial charge in [-0.25, -0.2) is 24.9 Å². The van der Waals surface area contributed by atoms with Crippen LogP contribution in [-0.2, 0) is 5.41 Å². The highest BCUT2D eigenvalue weighted by atomic mass is 16.3. The number of furan rings is 2. The van der Waals surface area contributed by atoms with Crippen LogP contribution in [0.3, 0.4) is 0 Å². The number of hydrogen-bond donors (Lipinski definition) is 0. The molecule has 26 rings (SSSR count). The molecule has 0 radical (unpaired) electrons. The van der Waals surface area contributed by atoms with E-state index in [0.717, 1.165) is 166 Å². The van der Waals surface area contributed by atoms with Gasteiger partial charge in [-0.05, 0) is 156 Å².